The number of fused-ring (bicyclic) bond motifs is 1. The Morgan fingerprint density at radius 3 is 2.31 bits per heavy atom. The minimum Gasteiger partial charge on any atom is -0.493 e. The van der Waals surface area contributed by atoms with Crippen LogP contribution in [0.4, 0.5) is 5.69 Å². The van der Waals surface area contributed by atoms with Crippen molar-refractivity contribution in [1.82, 2.24) is 4.90 Å². The van der Waals surface area contributed by atoms with Crippen LogP contribution in [0.5, 0.6) is 17.2 Å². The molecule has 0 fully saturated rings. The lowest BCUT2D eigenvalue weighted by Crippen LogP contribution is -2.41. The highest BCUT2D eigenvalue weighted by molar-refractivity contribution is 6.53. The van der Waals surface area contributed by atoms with Gasteiger partial charge in [0.15, 0.2) is 11.5 Å². The monoisotopic (exact) mass is 364 g/mol. The number of benzene rings is 1. The van der Waals surface area contributed by atoms with Crippen LogP contribution in [-0.2, 0) is 9.59 Å². The molecule has 0 saturated carbocycles. The van der Waals surface area contributed by atoms with E-state index in [0.717, 1.165) is 17.7 Å². The van der Waals surface area contributed by atoms with E-state index in [-0.39, 0.29) is 35.2 Å². The number of Topliss-reactive ketones (excluding diaryl/α,β-unsaturated/α-hetero) is 1. The molecule has 26 heavy (non-hydrogen) atoms. The average molecular weight is 364 g/mol. The number of hydrogen-bond donors (Lipinski definition) is 0. The Balaban J connectivity index is 2.43. The van der Waals surface area contributed by atoms with Crippen LogP contribution < -0.4 is 19.1 Å². The summed E-state index contributed by atoms with van der Waals surface area (Å²) in [5, 5.41) is 0. The number of likely N-dealkylation sites (N-methyl/N-ethyl adjacent to an activating group) is 1. The average Bonchev–Trinajstić information content (AvgIpc) is 2.88. The van der Waals surface area contributed by atoms with Crippen LogP contribution in [0.2, 0.25) is 0 Å². The standard InChI is InChI=1S/C18H24N2O6/c1-6-7-8-19(2)13(21)10-20-11-9-12(24-3)16(25-4)17(26-5)14(11)15(22)18(20)23/h9H,6-8,10H2,1-5H3. The fourth-order valence-electron chi connectivity index (χ4n) is 2.85. The number of ketones is 1. The first kappa shape index (κ1) is 19.6. The maximum Gasteiger partial charge on any atom is 0.300 e. The van der Waals surface area contributed by atoms with Crippen molar-refractivity contribution in [2.75, 3.05) is 46.4 Å². The van der Waals surface area contributed by atoms with E-state index >= 15 is 0 Å². The summed E-state index contributed by atoms with van der Waals surface area (Å²) in [5.74, 6) is -1.10. The zero-order valence-corrected chi connectivity index (χ0v) is 15.7. The fraction of sp³-hybridized carbons (Fsp3) is 0.500. The fourth-order valence-corrected chi connectivity index (χ4v) is 2.85. The van der Waals surface area contributed by atoms with Crippen molar-refractivity contribution in [2.45, 2.75) is 19.8 Å². The molecule has 0 N–H and O–H groups in total. The molecule has 1 aliphatic rings. The molecular weight excluding hydrogens is 340 g/mol. The zero-order valence-electron chi connectivity index (χ0n) is 15.7. The van der Waals surface area contributed by atoms with Crippen LogP contribution in [0.3, 0.4) is 0 Å². The van der Waals surface area contributed by atoms with Crippen LogP contribution >= 0.6 is 0 Å². The molecule has 0 radical (unpaired) electrons. The molecule has 1 aromatic carbocycles. The largest absolute Gasteiger partial charge is 0.493 e. The number of ether oxygens (including phenoxy) is 3. The summed E-state index contributed by atoms with van der Waals surface area (Å²) in [6, 6.07) is 1.51. The van der Waals surface area contributed by atoms with Crippen molar-refractivity contribution >= 4 is 23.3 Å². The number of hydrogen-bond acceptors (Lipinski definition) is 6. The van der Waals surface area contributed by atoms with E-state index in [2.05, 4.69) is 0 Å². The molecule has 1 heterocycles. The molecule has 0 atom stereocenters. The summed E-state index contributed by atoms with van der Waals surface area (Å²) >= 11 is 0. The number of rotatable bonds is 8. The second-order valence-corrected chi connectivity index (χ2v) is 5.93. The molecule has 8 nitrogen and oxygen atoms in total. The Morgan fingerprint density at radius 1 is 1.12 bits per heavy atom. The van der Waals surface area contributed by atoms with E-state index in [0.29, 0.717) is 12.3 Å². The lowest BCUT2D eigenvalue weighted by molar-refractivity contribution is -0.129. The Labute approximate surface area is 152 Å². The Morgan fingerprint density at radius 2 is 1.77 bits per heavy atom. The van der Waals surface area contributed by atoms with Gasteiger partial charge in [-0.05, 0) is 6.42 Å². The molecule has 0 unspecified atom stereocenters. The van der Waals surface area contributed by atoms with E-state index in [4.69, 9.17) is 14.2 Å². The SMILES string of the molecule is CCCCN(C)C(=O)CN1C(=O)C(=O)c2c1cc(OC)c(OC)c2OC. The molecule has 0 aliphatic carbocycles. The van der Waals surface area contributed by atoms with Gasteiger partial charge >= 0.3 is 0 Å². The molecule has 1 aliphatic heterocycles. The van der Waals surface area contributed by atoms with Crippen LogP contribution in [0.25, 0.3) is 0 Å². The summed E-state index contributed by atoms with van der Waals surface area (Å²) < 4.78 is 15.8. The van der Waals surface area contributed by atoms with E-state index < -0.39 is 11.7 Å². The molecule has 0 spiro atoms. The number of anilines is 1. The number of unbranched alkanes of at least 4 members (excludes halogenated alkanes) is 1. The minimum atomic E-state index is -0.772. The first-order chi connectivity index (χ1) is 12.4. The summed E-state index contributed by atoms with van der Waals surface area (Å²) in [5.41, 5.74) is 0.367. The molecule has 0 saturated heterocycles. The van der Waals surface area contributed by atoms with Gasteiger partial charge in [-0.15, -0.1) is 0 Å². The minimum absolute atomic E-state index is 0.0826. The van der Waals surface area contributed by atoms with Gasteiger partial charge in [-0.2, -0.15) is 0 Å². The predicted molar refractivity (Wildman–Crippen MR) is 95.3 cm³/mol. The smallest absolute Gasteiger partial charge is 0.300 e. The highest BCUT2D eigenvalue weighted by atomic mass is 16.5. The maximum atomic E-state index is 12.5. The van der Waals surface area contributed by atoms with Crippen LogP contribution in [0.1, 0.15) is 30.1 Å². The molecule has 8 heteroatoms. The zero-order chi connectivity index (χ0) is 19.4. The lowest BCUT2D eigenvalue weighted by Gasteiger charge is -2.22. The van der Waals surface area contributed by atoms with Gasteiger partial charge in [0.2, 0.25) is 11.7 Å². The van der Waals surface area contributed by atoms with Crippen molar-refractivity contribution < 1.29 is 28.6 Å². The van der Waals surface area contributed by atoms with Gasteiger partial charge in [0.05, 0.1) is 32.6 Å². The maximum absolute atomic E-state index is 12.5. The van der Waals surface area contributed by atoms with E-state index in [1.807, 2.05) is 6.92 Å². The molecule has 2 amide bonds. The highest BCUT2D eigenvalue weighted by Gasteiger charge is 2.42. The molecule has 2 rings (SSSR count). The van der Waals surface area contributed by atoms with Gasteiger partial charge in [-0.1, -0.05) is 13.3 Å². The second-order valence-electron chi connectivity index (χ2n) is 5.93. The van der Waals surface area contributed by atoms with Gasteiger partial charge < -0.3 is 19.1 Å². The number of methoxy groups -OCH3 is 3. The van der Waals surface area contributed by atoms with E-state index in [1.54, 1.807) is 11.9 Å². The van der Waals surface area contributed by atoms with Crippen molar-refractivity contribution in [2.24, 2.45) is 0 Å². The molecular formula is C18H24N2O6. The van der Waals surface area contributed by atoms with Crippen molar-refractivity contribution in [3.8, 4) is 17.2 Å². The molecule has 0 bridgehead atoms. The van der Waals surface area contributed by atoms with Crippen LogP contribution in [-0.4, -0.2) is 64.0 Å². The highest BCUT2D eigenvalue weighted by Crippen LogP contribution is 2.47. The Bertz CT molecular complexity index is 731. The summed E-state index contributed by atoms with van der Waals surface area (Å²) in [7, 11) is 5.91. The second kappa shape index (κ2) is 8.07. The van der Waals surface area contributed by atoms with Gasteiger partial charge in [0.1, 0.15) is 6.54 Å². The van der Waals surface area contributed by atoms with Crippen molar-refractivity contribution in [3.05, 3.63) is 11.6 Å². The predicted octanol–water partition coefficient (Wildman–Crippen LogP) is 1.50. The third-order valence-electron chi connectivity index (χ3n) is 4.33. The van der Waals surface area contributed by atoms with Crippen molar-refractivity contribution in [1.29, 1.82) is 0 Å². The van der Waals surface area contributed by atoms with Crippen LogP contribution in [0.15, 0.2) is 6.07 Å². The lowest BCUT2D eigenvalue weighted by atomic mass is 10.1. The number of nitrogens with zero attached hydrogens (tertiary/aromatic N) is 2. The molecule has 142 valence electrons. The number of carbonyl (C=O) groups excluding carboxylic acids is 3. The summed E-state index contributed by atoms with van der Waals surface area (Å²) in [6.45, 7) is 2.40. The van der Waals surface area contributed by atoms with Gasteiger partial charge in [0, 0.05) is 19.7 Å². The number of carbonyl (C=O) groups is 3. The summed E-state index contributed by atoms with van der Waals surface area (Å²) in [4.78, 5) is 40.1. The number of amides is 2. The van der Waals surface area contributed by atoms with E-state index in [1.165, 1.54) is 27.4 Å². The first-order valence-corrected chi connectivity index (χ1v) is 8.34. The Hall–Kier alpha value is -2.77. The third kappa shape index (κ3) is 3.31. The van der Waals surface area contributed by atoms with Crippen LogP contribution in [0, 0.1) is 0 Å². The quantitative estimate of drug-likeness (QED) is 0.650. The van der Waals surface area contributed by atoms with E-state index in [9.17, 15) is 14.4 Å². The molecule has 0 aromatic heterocycles. The third-order valence-corrected chi connectivity index (χ3v) is 4.33. The topological polar surface area (TPSA) is 85.4 Å². The van der Waals surface area contributed by atoms with Crippen molar-refractivity contribution in [3.63, 3.8) is 0 Å². The Kier molecular flexibility index (Phi) is 6.07. The normalized spacial score (nSPS) is 12.9. The van der Waals surface area contributed by atoms with Gasteiger partial charge in [0.25, 0.3) is 11.7 Å². The summed E-state index contributed by atoms with van der Waals surface area (Å²) in [6.07, 6.45) is 1.82. The molecule has 1 aromatic rings. The first-order valence-electron chi connectivity index (χ1n) is 8.34. The van der Waals surface area contributed by atoms with Gasteiger partial charge in [-0.3, -0.25) is 19.3 Å². The van der Waals surface area contributed by atoms with Gasteiger partial charge in [-0.25, -0.2) is 0 Å².